The Hall–Kier alpha value is -1.39. The zero-order valence-electron chi connectivity index (χ0n) is 9.69. The van der Waals surface area contributed by atoms with Gasteiger partial charge in [-0.15, -0.1) is 0 Å². The molecular formula is C12H18N2O2. The lowest BCUT2D eigenvalue weighted by atomic mass is 10.1. The third-order valence-corrected chi connectivity index (χ3v) is 2.22. The fourth-order valence-corrected chi connectivity index (χ4v) is 1.44. The monoisotopic (exact) mass is 222 g/mol. The summed E-state index contributed by atoms with van der Waals surface area (Å²) in [4.78, 5) is 11.8. The van der Waals surface area contributed by atoms with E-state index in [9.17, 15) is 4.79 Å². The maximum absolute atomic E-state index is 11.8. The fraction of sp³-hybridized carbons (Fsp3) is 0.417. The topological polar surface area (TPSA) is 64.3 Å². The van der Waals surface area contributed by atoms with E-state index in [1.807, 2.05) is 19.1 Å². The molecule has 0 aliphatic carbocycles. The Morgan fingerprint density at radius 1 is 1.56 bits per heavy atom. The Bertz CT molecular complexity index is 353. The van der Waals surface area contributed by atoms with E-state index < -0.39 is 0 Å². The van der Waals surface area contributed by atoms with Crippen molar-refractivity contribution in [1.29, 1.82) is 0 Å². The number of methoxy groups -OCH3 is 1. The molecule has 4 heteroatoms. The van der Waals surface area contributed by atoms with Gasteiger partial charge in [-0.3, -0.25) is 4.79 Å². The Morgan fingerprint density at radius 3 is 2.94 bits per heavy atom. The van der Waals surface area contributed by atoms with Crippen molar-refractivity contribution in [3.8, 4) is 0 Å². The smallest absolute Gasteiger partial charge is 0.251 e. The predicted molar refractivity (Wildman–Crippen MR) is 63.1 cm³/mol. The summed E-state index contributed by atoms with van der Waals surface area (Å²) in [5.41, 5.74) is 7.10. The molecule has 1 atom stereocenters. The van der Waals surface area contributed by atoms with Crippen molar-refractivity contribution >= 4 is 5.91 Å². The van der Waals surface area contributed by atoms with Crippen molar-refractivity contribution in [1.82, 2.24) is 5.32 Å². The van der Waals surface area contributed by atoms with Gasteiger partial charge in [-0.25, -0.2) is 0 Å². The van der Waals surface area contributed by atoms with Crippen LogP contribution in [-0.4, -0.2) is 25.7 Å². The van der Waals surface area contributed by atoms with Crippen molar-refractivity contribution in [2.75, 3.05) is 13.7 Å². The van der Waals surface area contributed by atoms with Gasteiger partial charge in [-0.2, -0.15) is 0 Å². The summed E-state index contributed by atoms with van der Waals surface area (Å²) in [6, 6.07) is 7.30. The van der Waals surface area contributed by atoms with Crippen LogP contribution >= 0.6 is 0 Å². The first-order chi connectivity index (χ1) is 7.67. The van der Waals surface area contributed by atoms with Crippen molar-refractivity contribution in [2.45, 2.75) is 19.5 Å². The van der Waals surface area contributed by atoms with Gasteiger partial charge in [0.2, 0.25) is 0 Å². The molecule has 0 saturated heterocycles. The number of rotatable bonds is 5. The number of benzene rings is 1. The second-order valence-corrected chi connectivity index (χ2v) is 3.73. The van der Waals surface area contributed by atoms with E-state index in [1.165, 1.54) is 0 Å². The zero-order chi connectivity index (χ0) is 12.0. The molecule has 16 heavy (non-hydrogen) atoms. The number of nitrogens with two attached hydrogens (primary N) is 1. The minimum Gasteiger partial charge on any atom is -0.383 e. The standard InChI is InChI=1S/C12H18N2O2/c1-9(8-16-2)14-12(15)11-5-3-4-10(6-11)7-13/h3-6,9H,7-8,13H2,1-2H3,(H,14,15). The molecule has 4 nitrogen and oxygen atoms in total. The highest BCUT2D eigenvalue weighted by atomic mass is 16.5. The van der Waals surface area contributed by atoms with E-state index in [0.29, 0.717) is 18.7 Å². The molecule has 0 heterocycles. The maximum Gasteiger partial charge on any atom is 0.251 e. The first-order valence-electron chi connectivity index (χ1n) is 5.26. The summed E-state index contributed by atoms with van der Waals surface area (Å²) < 4.78 is 4.95. The first-order valence-corrected chi connectivity index (χ1v) is 5.26. The lowest BCUT2D eigenvalue weighted by molar-refractivity contribution is 0.0905. The van der Waals surface area contributed by atoms with Crippen LogP contribution < -0.4 is 11.1 Å². The second kappa shape index (κ2) is 6.25. The van der Waals surface area contributed by atoms with Gasteiger partial charge in [0.25, 0.3) is 5.91 Å². The highest BCUT2D eigenvalue weighted by Crippen LogP contribution is 2.04. The van der Waals surface area contributed by atoms with Crippen molar-refractivity contribution in [3.05, 3.63) is 35.4 Å². The molecule has 1 rings (SSSR count). The van der Waals surface area contributed by atoms with E-state index in [-0.39, 0.29) is 11.9 Å². The number of ether oxygens (including phenoxy) is 1. The molecule has 0 spiro atoms. The number of amides is 1. The van der Waals surface area contributed by atoms with Gasteiger partial charge in [-0.05, 0) is 24.6 Å². The number of hydrogen-bond acceptors (Lipinski definition) is 3. The minimum absolute atomic E-state index is 0.000896. The van der Waals surface area contributed by atoms with E-state index in [2.05, 4.69) is 5.32 Å². The molecule has 88 valence electrons. The van der Waals surface area contributed by atoms with Crippen LogP contribution in [0.25, 0.3) is 0 Å². The molecule has 1 unspecified atom stereocenters. The Kier molecular flexibility index (Phi) is 4.95. The third kappa shape index (κ3) is 3.64. The maximum atomic E-state index is 11.8. The summed E-state index contributed by atoms with van der Waals surface area (Å²) in [5, 5.41) is 2.84. The summed E-state index contributed by atoms with van der Waals surface area (Å²) in [5.74, 6) is -0.0974. The Labute approximate surface area is 95.8 Å². The van der Waals surface area contributed by atoms with Gasteiger partial charge >= 0.3 is 0 Å². The van der Waals surface area contributed by atoms with Crippen LogP contribution in [0.4, 0.5) is 0 Å². The van der Waals surface area contributed by atoms with Gasteiger partial charge in [-0.1, -0.05) is 12.1 Å². The number of hydrogen-bond donors (Lipinski definition) is 2. The largest absolute Gasteiger partial charge is 0.383 e. The van der Waals surface area contributed by atoms with Gasteiger partial charge in [0.15, 0.2) is 0 Å². The van der Waals surface area contributed by atoms with Gasteiger partial charge in [0.05, 0.1) is 6.61 Å². The quantitative estimate of drug-likeness (QED) is 0.778. The molecular weight excluding hydrogens is 204 g/mol. The van der Waals surface area contributed by atoms with Gasteiger partial charge < -0.3 is 15.8 Å². The van der Waals surface area contributed by atoms with Crippen LogP contribution in [0.1, 0.15) is 22.8 Å². The molecule has 1 aromatic rings. The molecule has 0 fully saturated rings. The van der Waals surface area contributed by atoms with Crippen LogP contribution in [0.15, 0.2) is 24.3 Å². The summed E-state index contributed by atoms with van der Waals surface area (Å²) >= 11 is 0. The van der Waals surface area contributed by atoms with Crippen molar-refractivity contribution in [2.24, 2.45) is 5.73 Å². The van der Waals surface area contributed by atoms with Crippen LogP contribution in [-0.2, 0) is 11.3 Å². The van der Waals surface area contributed by atoms with Crippen LogP contribution in [0.5, 0.6) is 0 Å². The molecule has 1 amide bonds. The van der Waals surface area contributed by atoms with Gasteiger partial charge in [0.1, 0.15) is 0 Å². The zero-order valence-corrected chi connectivity index (χ0v) is 9.69. The van der Waals surface area contributed by atoms with Crippen LogP contribution in [0, 0.1) is 0 Å². The lowest BCUT2D eigenvalue weighted by Gasteiger charge is -2.12. The van der Waals surface area contributed by atoms with E-state index in [0.717, 1.165) is 5.56 Å². The van der Waals surface area contributed by atoms with Crippen molar-refractivity contribution < 1.29 is 9.53 Å². The average Bonchev–Trinajstić information content (AvgIpc) is 2.29. The SMILES string of the molecule is COCC(C)NC(=O)c1cccc(CN)c1. The number of carbonyl (C=O) groups excluding carboxylic acids is 1. The number of carbonyl (C=O) groups is 1. The third-order valence-electron chi connectivity index (χ3n) is 2.22. The first kappa shape index (κ1) is 12.7. The molecule has 0 saturated carbocycles. The average molecular weight is 222 g/mol. The summed E-state index contributed by atoms with van der Waals surface area (Å²) in [6.45, 7) is 2.84. The van der Waals surface area contributed by atoms with E-state index >= 15 is 0 Å². The molecule has 1 aromatic carbocycles. The summed E-state index contributed by atoms with van der Waals surface area (Å²) in [7, 11) is 1.61. The van der Waals surface area contributed by atoms with E-state index in [4.69, 9.17) is 10.5 Å². The fourth-order valence-electron chi connectivity index (χ4n) is 1.44. The van der Waals surface area contributed by atoms with Crippen molar-refractivity contribution in [3.63, 3.8) is 0 Å². The van der Waals surface area contributed by atoms with E-state index in [1.54, 1.807) is 19.2 Å². The minimum atomic E-state index is -0.0974. The number of nitrogens with one attached hydrogen (secondary N) is 1. The molecule has 0 radical (unpaired) electrons. The molecule has 3 N–H and O–H groups in total. The molecule has 0 bridgehead atoms. The highest BCUT2D eigenvalue weighted by molar-refractivity contribution is 5.94. The normalized spacial score (nSPS) is 12.2. The highest BCUT2D eigenvalue weighted by Gasteiger charge is 2.09. The Morgan fingerprint density at radius 2 is 2.31 bits per heavy atom. The lowest BCUT2D eigenvalue weighted by Crippen LogP contribution is -2.35. The van der Waals surface area contributed by atoms with Gasteiger partial charge in [0, 0.05) is 25.3 Å². The predicted octanol–water partition coefficient (Wildman–Crippen LogP) is 0.910. The Balaban J connectivity index is 2.65. The van der Waals surface area contributed by atoms with Crippen LogP contribution in [0.3, 0.4) is 0 Å². The summed E-state index contributed by atoms with van der Waals surface area (Å²) in [6.07, 6.45) is 0. The molecule has 0 aliphatic rings. The molecule has 0 aromatic heterocycles. The van der Waals surface area contributed by atoms with Crippen LogP contribution in [0.2, 0.25) is 0 Å². The molecule has 0 aliphatic heterocycles. The second-order valence-electron chi connectivity index (χ2n) is 3.73.